The molecule has 0 saturated carbocycles. The number of rotatable bonds is 10. The first kappa shape index (κ1) is 16.5. The van der Waals surface area contributed by atoms with Crippen LogP contribution in [0.25, 0.3) is 0 Å². The number of para-hydroxylation sites is 1. The molecule has 0 aromatic heterocycles. The number of benzene rings is 2. The standard InChI is InChI=1S/C19H25NO2/c1-2-21-14-15-22-19-11-7-6-10-18(19)16-20-13-12-17-8-4-3-5-9-17/h3-11,20H,2,12-16H2,1H3. The Morgan fingerprint density at radius 2 is 1.68 bits per heavy atom. The van der Waals surface area contributed by atoms with Crippen molar-refractivity contribution in [2.45, 2.75) is 19.9 Å². The van der Waals surface area contributed by atoms with E-state index < -0.39 is 0 Å². The molecule has 2 aromatic rings. The quantitative estimate of drug-likeness (QED) is 0.682. The van der Waals surface area contributed by atoms with Gasteiger partial charge in [0.2, 0.25) is 0 Å². The van der Waals surface area contributed by atoms with E-state index in [1.165, 1.54) is 11.1 Å². The lowest BCUT2D eigenvalue weighted by Crippen LogP contribution is -2.17. The van der Waals surface area contributed by atoms with Crippen LogP contribution < -0.4 is 10.1 Å². The van der Waals surface area contributed by atoms with Crippen LogP contribution in [0.5, 0.6) is 5.75 Å². The predicted molar refractivity (Wildman–Crippen MR) is 90.3 cm³/mol. The molecule has 0 atom stereocenters. The second-order valence-corrected chi connectivity index (χ2v) is 5.07. The van der Waals surface area contributed by atoms with Crippen molar-refractivity contribution in [2.75, 3.05) is 26.4 Å². The van der Waals surface area contributed by atoms with Crippen molar-refractivity contribution < 1.29 is 9.47 Å². The lowest BCUT2D eigenvalue weighted by atomic mass is 10.1. The maximum Gasteiger partial charge on any atom is 0.123 e. The number of ether oxygens (including phenoxy) is 2. The van der Waals surface area contributed by atoms with E-state index in [2.05, 4.69) is 35.6 Å². The average molecular weight is 299 g/mol. The molecule has 0 fully saturated rings. The fraction of sp³-hybridized carbons (Fsp3) is 0.368. The average Bonchev–Trinajstić information content (AvgIpc) is 2.57. The first-order chi connectivity index (χ1) is 10.9. The Labute approximate surface area is 133 Å². The molecule has 0 unspecified atom stereocenters. The van der Waals surface area contributed by atoms with E-state index in [9.17, 15) is 0 Å². The van der Waals surface area contributed by atoms with Crippen LogP contribution in [0.4, 0.5) is 0 Å². The minimum Gasteiger partial charge on any atom is -0.491 e. The number of hydrogen-bond acceptors (Lipinski definition) is 3. The summed E-state index contributed by atoms with van der Waals surface area (Å²) >= 11 is 0. The molecule has 0 saturated heterocycles. The Kier molecular flexibility index (Phi) is 7.50. The normalized spacial score (nSPS) is 10.6. The summed E-state index contributed by atoms with van der Waals surface area (Å²) in [5.74, 6) is 0.939. The molecular weight excluding hydrogens is 274 g/mol. The van der Waals surface area contributed by atoms with Crippen molar-refractivity contribution in [3.63, 3.8) is 0 Å². The van der Waals surface area contributed by atoms with Crippen molar-refractivity contribution in [3.05, 3.63) is 65.7 Å². The molecule has 0 aliphatic heterocycles. The Morgan fingerprint density at radius 1 is 0.909 bits per heavy atom. The molecule has 0 heterocycles. The summed E-state index contributed by atoms with van der Waals surface area (Å²) in [5, 5.41) is 3.48. The molecule has 0 aliphatic carbocycles. The van der Waals surface area contributed by atoms with E-state index in [0.29, 0.717) is 13.2 Å². The Bertz CT molecular complexity index is 528. The number of nitrogens with one attached hydrogen (secondary N) is 1. The summed E-state index contributed by atoms with van der Waals surface area (Å²) in [6.07, 6.45) is 1.04. The van der Waals surface area contributed by atoms with Gasteiger partial charge in [0, 0.05) is 18.7 Å². The van der Waals surface area contributed by atoms with Gasteiger partial charge in [0.05, 0.1) is 6.61 Å². The van der Waals surface area contributed by atoms with Gasteiger partial charge in [-0.3, -0.25) is 0 Å². The summed E-state index contributed by atoms with van der Waals surface area (Å²) in [4.78, 5) is 0. The van der Waals surface area contributed by atoms with E-state index >= 15 is 0 Å². The van der Waals surface area contributed by atoms with Gasteiger partial charge in [-0.15, -0.1) is 0 Å². The molecule has 3 nitrogen and oxygen atoms in total. The minimum atomic E-state index is 0.592. The van der Waals surface area contributed by atoms with Crippen LogP contribution in [0.1, 0.15) is 18.1 Å². The zero-order chi connectivity index (χ0) is 15.5. The Hall–Kier alpha value is -1.84. The SMILES string of the molecule is CCOCCOc1ccccc1CNCCc1ccccc1. The highest BCUT2D eigenvalue weighted by atomic mass is 16.5. The van der Waals surface area contributed by atoms with Crippen LogP contribution in [-0.4, -0.2) is 26.4 Å². The highest BCUT2D eigenvalue weighted by Gasteiger charge is 2.02. The van der Waals surface area contributed by atoms with Crippen LogP contribution in [0.2, 0.25) is 0 Å². The molecule has 22 heavy (non-hydrogen) atoms. The second kappa shape index (κ2) is 9.98. The summed E-state index contributed by atoms with van der Waals surface area (Å²) in [5.41, 5.74) is 2.54. The molecule has 1 N–H and O–H groups in total. The maximum absolute atomic E-state index is 5.79. The molecule has 0 bridgehead atoms. The third-order valence-corrected chi connectivity index (χ3v) is 3.41. The fourth-order valence-corrected chi connectivity index (χ4v) is 2.25. The molecule has 3 heteroatoms. The Balaban J connectivity index is 1.74. The van der Waals surface area contributed by atoms with E-state index in [1.54, 1.807) is 0 Å². The van der Waals surface area contributed by atoms with E-state index in [1.807, 2.05) is 31.2 Å². The van der Waals surface area contributed by atoms with E-state index in [0.717, 1.165) is 31.9 Å². The molecular formula is C19H25NO2. The predicted octanol–water partition coefficient (Wildman–Crippen LogP) is 3.43. The monoisotopic (exact) mass is 299 g/mol. The van der Waals surface area contributed by atoms with Gasteiger partial charge in [-0.2, -0.15) is 0 Å². The highest BCUT2D eigenvalue weighted by Crippen LogP contribution is 2.17. The van der Waals surface area contributed by atoms with E-state index in [-0.39, 0.29) is 0 Å². The van der Waals surface area contributed by atoms with Gasteiger partial charge in [0.1, 0.15) is 12.4 Å². The van der Waals surface area contributed by atoms with Gasteiger partial charge in [0.25, 0.3) is 0 Å². The molecule has 2 rings (SSSR count). The van der Waals surface area contributed by atoms with Crippen molar-refractivity contribution >= 4 is 0 Å². The van der Waals surface area contributed by atoms with Gasteiger partial charge in [-0.1, -0.05) is 48.5 Å². The zero-order valence-corrected chi connectivity index (χ0v) is 13.3. The van der Waals surface area contributed by atoms with E-state index in [4.69, 9.17) is 9.47 Å². The Morgan fingerprint density at radius 3 is 2.50 bits per heavy atom. The highest BCUT2D eigenvalue weighted by molar-refractivity contribution is 5.33. The zero-order valence-electron chi connectivity index (χ0n) is 13.3. The maximum atomic E-state index is 5.79. The van der Waals surface area contributed by atoms with Gasteiger partial charge in [-0.05, 0) is 31.5 Å². The number of hydrogen-bond donors (Lipinski definition) is 1. The van der Waals surface area contributed by atoms with Crippen molar-refractivity contribution in [3.8, 4) is 5.75 Å². The van der Waals surface area contributed by atoms with Crippen LogP contribution in [0.15, 0.2) is 54.6 Å². The van der Waals surface area contributed by atoms with Crippen LogP contribution in [0, 0.1) is 0 Å². The first-order valence-corrected chi connectivity index (χ1v) is 7.93. The molecule has 118 valence electrons. The minimum absolute atomic E-state index is 0.592. The lowest BCUT2D eigenvalue weighted by Gasteiger charge is -2.12. The van der Waals surface area contributed by atoms with Gasteiger partial charge >= 0.3 is 0 Å². The topological polar surface area (TPSA) is 30.5 Å². The molecule has 0 radical (unpaired) electrons. The molecule has 0 aliphatic rings. The molecule has 0 spiro atoms. The smallest absolute Gasteiger partial charge is 0.123 e. The summed E-state index contributed by atoms with van der Waals surface area (Å²) in [6.45, 7) is 5.72. The third kappa shape index (κ3) is 5.88. The first-order valence-electron chi connectivity index (χ1n) is 7.93. The largest absolute Gasteiger partial charge is 0.491 e. The fourth-order valence-electron chi connectivity index (χ4n) is 2.25. The van der Waals surface area contributed by atoms with Crippen molar-refractivity contribution in [1.29, 1.82) is 0 Å². The van der Waals surface area contributed by atoms with Gasteiger partial charge in [-0.25, -0.2) is 0 Å². The third-order valence-electron chi connectivity index (χ3n) is 3.41. The van der Waals surface area contributed by atoms with Crippen molar-refractivity contribution in [1.82, 2.24) is 5.32 Å². The summed E-state index contributed by atoms with van der Waals surface area (Å²) in [7, 11) is 0. The molecule has 2 aromatic carbocycles. The summed E-state index contributed by atoms with van der Waals surface area (Å²) in [6, 6.07) is 18.7. The van der Waals surface area contributed by atoms with Gasteiger partial charge < -0.3 is 14.8 Å². The lowest BCUT2D eigenvalue weighted by molar-refractivity contribution is 0.110. The van der Waals surface area contributed by atoms with Crippen LogP contribution >= 0.6 is 0 Å². The summed E-state index contributed by atoms with van der Waals surface area (Å²) < 4.78 is 11.1. The second-order valence-electron chi connectivity index (χ2n) is 5.07. The van der Waals surface area contributed by atoms with Crippen LogP contribution in [-0.2, 0) is 17.7 Å². The molecule has 0 amide bonds. The van der Waals surface area contributed by atoms with Crippen LogP contribution in [0.3, 0.4) is 0 Å². The van der Waals surface area contributed by atoms with Gasteiger partial charge in [0.15, 0.2) is 0 Å². The van der Waals surface area contributed by atoms with Crippen molar-refractivity contribution in [2.24, 2.45) is 0 Å².